The van der Waals surface area contributed by atoms with E-state index in [1.54, 1.807) is 6.07 Å². The smallest absolute Gasteiger partial charge is 0.307 e. The van der Waals surface area contributed by atoms with E-state index >= 15 is 0 Å². The highest BCUT2D eigenvalue weighted by molar-refractivity contribution is 5.73. The first-order valence-electron chi connectivity index (χ1n) is 4.73. The van der Waals surface area contributed by atoms with Crippen molar-refractivity contribution in [3.8, 4) is 0 Å². The number of nitrogens with two attached hydrogens (primary N) is 1. The average Bonchev–Trinajstić information content (AvgIpc) is 2.11. The van der Waals surface area contributed by atoms with E-state index in [2.05, 4.69) is 6.92 Å². The van der Waals surface area contributed by atoms with Crippen molar-refractivity contribution in [3.63, 3.8) is 0 Å². The molecule has 1 rings (SSSR count). The molecule has 3 N–H and O–H groups in total. The Balaban J connectivity index is 2.94. The van der Waals surface area contributed by atoms with Crippen LogP contribution in [0.2, 0.25) is 0 Å². The molecule has 0 saturated carbocycles. The minimum absolute atomic E-state index is 0.00336. The molecule has 0 unspecified atom stereocenters. The third-order valence-electron chi connectivity index (χ3n) is 2.15. The predicted molar refractivity (Wildman–Crippen MR) is 56.2 cm³/mol. The standard InChI is InChI=1S/C11H15NO2/c1-2-4-8-5-3-6-9(11(8)12)7-10(13)14/h3,5-6H,2,4,7,12H2,1H3,(H,13,14). The highest BCUT2D eigenvalue weighted by atomic mass is 16.4. The van der Waals surface area contributed by atoms with E-state index in [1.807, 2.05) is 12.1 Å². The van der Waals surface area contributed by atoms with Gasteiger partial charge in [-0.3, -0.25) is 4.79 Å². The van der Waals surface area contributed by atoms with Crippen molar-refractivity contribution in [1.29, 1.82) is 0 Å². The Labute approximate surface area is 83.6 Å². The van der Waals surface area contributed by atoms with Gasteiger partial charge in [0.15, 0.2) is 0 Å². The molecule has 0 amide bonds. The molecule has 1 aromatic carbocycles. The van der Waals surface area contributed by atoms with Crippen LogP contribution in [-0.2, 0) is 17.6 Å². The fourth-order valence-electron chi connectivity index (χ4n) is 1.47. The SMILES string of the molecule is CCCc1cccc(CC(=O)O)c1N. The number of anilines is 1. The summed E-state index contributed by atoms with van der Waals surface area (Å²) in [6, 6.07) is 5.58. The summed E-state index contributed by atoms with van der Waals surface area (Å²) in [6.45, 7) is 2.07. The summed E-state index contributed by atoms with van der Waals surface area (Å²) < 4.78 is 0. The minimum Gasteiger partial charge on any atom is -0.481 e. The van der Waals surface area contributed by atoms with Gasteiger partial charge in [0.05, 0.1) is 6.42 Å². The van der Waals surface area contributed by atoms with Crippen LogP contribution in [0.25, 0.3) is 0 Å². The fourth-order valence-corrected chi connectivity index (χ4v) is 1.47. The van der Waals surface area contributed by atoms with Gasteiger partial charge in [-0.1, -0.05) is 31.5 Å². The Morgan fingerprint density at radius 2 is 2.07 bits per heavy atom. The van der Waals surface area contributed by atoms with Gasteiger partial charge in [-0.2, -0.15) is 0 Å². The number of rotatable bonds is 4. The first-order chi connectivity index (χ1) is 6.65. The van der Waals surface area contributed by atoms with E-state index in [4.69, 9.17) is 10.8 Å². The van der Waals surface area contributed by atoms with Crippen LogP contribution in [-0.4, -0.2) is 11.1 Å². The second kappa shape index (κ2) is 4.65. The topological polar surface area (TPSA) is 63.3 Å². The quantitative estimate of drug-likeness (QED) is 0.717. The monoisotopic (exact) mass is 193 g/mol. The lowest BCUT2D eigenvalue weighted by Gasteiger charge is -2.08. The summed E-state index contributed by atoms with van der Waals surface area (Å²) >= 11 is 0. The number of carboxylic acids is 1. The van der Waals surface area contributed by atoms with Gasteiger partial charge in [-0.15, -0.1) is 0 Å². The molecule has 0 radical (unpaired) electrons. The van der Waals surface area contributed by atoms with Gasteiger partial charge in [0, 0.05) is 5.69 Å². The van der Waals surface area contributed by atoms with Gasteiger partial charge in [-0.25, -0.2) is 0 Å². The molecular formula is C11H15NO2. The number of hydrogen-bond acceptors (Lipinski definition) is 2. The second-order valence-electron chi connectivity index (χ2n) is 3.31. The third kappa shape index (κ3) is 2.49. The zero-order valence-corrected chi connectivity index (χ0v) is 8.29. The third-order valence-corrected chi connectivity index (χ3v) is 2.15. The fraction of sp³-hybridized carbons (Fsp3) is 0.364. The maximum atomic E-state index is 10.5. The molecule has 76 valence electrons. The van der Waals surface area contributed by atoms with Crippen LogP contribution >= 0.6 is 0 Å². The Morgan fingerprint density at radius 3 is 2.64 bits per heavy atom. The van der Waals surface area contributed by atoms with Crippen molar-refractivity contribution in [2.75, 3.05) is 5.73 Å². The molecule has 0 aliphatic carbocycles. The van der Waals surface area contributed by atoms with E-state index in [0.717, 1.165) is 18.4 Å². The lowest BCUT2D eigenvalue weighted by molar-refractivity contribution is -0.136. The first kappa shape index (κ1) is 10.6. The van der Waals surface area contributed by atoms with E-state index in [1.165, 1.54) is 0 Å². The van der Waals surface area contributed by atoms with Crippen molar-refractivity contribution >= 4 is 11.7 Å². The highest BCUT2D eigenvalue weighted by Gasteiger charge is 2.07. The predicted octanol–water partition coefficient (Wildman–Crippen LogP) is 1.85. The van der Waals surface area contributed by atoms with E-state index < -0.39 is 5.97 Å². The Morgan fingerprint density at radius 1 is 1.43 bits per heavy atom. The summed E-state index contributed by atoms with van der Waals surface area (Å²) in [6.07, 6.45) is 1.92. The number of para-hydroxylation sites is 1. The normalized spacial score (nSPS) is 10.1. The molecule has 3 heteroatoms. The minimum atomic E-state index is -0.842. The van der Waals surface area contributed by atoms with Crippen LogP contribution in [0.4, 0.5) is 5.69 Å². The van der Waals surface area contributed by atoms with Crippen molar-refractivity contribution in [1.82, 2.24) is 0 Å². The van der Waals surface area contributed by atoms with Crippen LogP contribution in [0.5, 0.6) is 0 Å². The molecule has 3 nitrogen and oxygen atoms in total. The Kier molecular flexibility index (Phi) is 3.51. The summed E-state index contributed by atoms with van der Waals surface area (Å²) in [5, 5.41) is 8.66. The number of aliphatic carboxylic acids is 1. The number of carbonyl (C=O) groups is 1. The molecule has 0 aliphatic rings. The van der Waals surface area contributed by atoms with Crippen LogP contribution in [0.1, 0.15) is 24.5 Å². The van der Waals surface area contributed by atoms with Gasteiger partial charge in [-0.05, 0) is 17.5 Å². The van der Waals surface area contributed by atoms with Gasteiger partial charge in [0.25, 0.3) is 0 Å². The average molecular weight is 193 g/mol. The molecule has 0 heterocycles. The zero-order valence-electron chi connectivity index (χ0n) is 8.29. The summed E-state index contributed by atoms with van der Waals surface area (Å²) in [5.41, 5.74) is 8.25. The van der Waals surface area contributed by atoms with Crippen LogP contribution < -0.4 is 5.73 Å². The summed E-state index contributed by atoms with van der Waals surface area (Å²) in [7, 11) is 0. The molecule has 0 spiro atoms. The number of benzene rings is 1. The lowest BCUT2D eigenvalue weighted by Crippen LogP contribution is -2.05. The molecule has 0 aliphatic heterocycles. The summed E-state index contributed by atoms with van der Waals surface area (Å²) in [4.78, 5) is 10.5. The molecule has 1 aromatic rings. The molecule has 0 fully saturated rings. The molecule has 0 atom stereocenters. The van der Waals surface area contributed by atoms with Crippen molar-refractivity contribution in [2.24, 2.45) is 0 Å². The largest absolute Gasteiger partial charge is 0.481 e. The molecule has 0 bridgehead atoms. The summed E-state index contributed by atoms with van der Waals surface area (Å²) in [5.74, 6) is -0.842. The van der Waals surface area contributed by atoms with E-state index in [-0.39, 0.29) is 6.42 Å². The highest BCUT2D eigenvalue weighted by Crippen LogP contribution is 2.19. The zero-order chi connectivity index (χ0) is 10.6. The van der Waals surface area contributed by atoms with Crippen LogP contribution in [0.3, 0.4) is 0 Å². The second-order valence-corrected chi connectivity index (χ2v) is 3.31. The van der Waals surface area contributed by atoms with E-state index in [0.29, 0.717) is 11.3 Å². The van der Waals surface area contributed by atoms with Gasteiger partial charge in [0.2, 0.25) is 0 Å². The van der Waals surface area contributed by atoms with Crippen molar-refractivity contribution < 1.29 is 9.90 Å². The molecular weight excluding hydrogens is 178 g/mol. The van der Waals surface area contributed by atoms with Gasteiger partial charge in [0.1, 0.15) is 0 Å². The molecule has 14 heavy (non-hydrogen) atoms. The molecule has 0 saturated heterocycles. The number of hydrogen-bond donors (Lipinski definition) is 2. The number of aryl methyl sites for hydroxylation is 1. The number of carboxylic acid groups (broad SMARTS) is 1. The van der Waals surface area contributed by atoms with Crippen LogP contribution in [0.15, 0.2) is 18.2 Å². The van der Waals surface area contributed by atoms with Crippen LogP contribution in [0, 0.1) is 0 Å². The first-order valence-corrected chi connectivity index (χ1v) is 4.73. The lowest BCUT2D eigenvalue weighted by atomic mass is 10.0. The number of nitrogen functional groups attached to an aromatic ring is 1. The van der Waals surface area contributed by atoms with E-state index in [9.17, 15) is 4.79 Å². The van der Waals surface area contributed by atoms with Crippen molar-refractivity contribution in [3.05, 3.63) is 29.3 Å². The maximum Gasteiger partial charge on any atom is 0.307 e. The maximum absolute atomic E-state index is 10.5. The van der Waals surface area contributed by atoms with Gasteiger partial charge >= 0.3 is 5.97 Å². The molecule has 0 aromatic heterocycles. The van der Waals surface area contributed by atoms with Crippen molar-refractivity contribution in [2.45, 2.75) is 26.2 Å². The van der Waals surface area contributed by atoms with Gasteiger partial charge < -0.3 is 10.8 Å². The Bertz CT molecular complexity index is 334. The Hall–Kier alpha value is -1.51.